The third-order valence-electron chi connectivity index (χ3n) is 2.90. The van der Waals surface area contributed by atoms with E-state index in [1.165, 1.54) is 11.1 Å². The van der Waals surface area contributed by atoms with E-state index in [0.29, 0.717) is 0 Å². The van der Waals surface area contributed by atoms with Gasteiger partial charge in [-0.1, -0.05) is 28.1 Å². The lowest BCUT2D eigenvalue weighted by Crippen LogP contribution is -2.07. The van der Waals surface area contributed by atoms with E-state index in [-0.39, 0.29) is 6.04 Å². The molecule has 0 aliphatic rings. The topological polar surface area (TPSA) is 12.0 Å². The lowest BCUT2D eigenvalue weighted by molar-refractivity contribution is 0.881. The second kappa shape index (κ2) is 6.42. The van der Waals surface area contributed by atoms with Crippen LogP contribution in [0, 0.1) is 6.92 Å². The maximum atomic E-state index is 3.61. The van der Waals surface area contributed by atoms with Crippen molar-refractivity contribution in [1.29, 1.82) is 0 Å². The molecule has 19 heavy (non-hydrogen) atoms. The lowest BCUT2D eigenvalue weighted by Gasteiger charge is -2.19. The van der Waals surface area contributed by atoms with E-state index in [9.17, 15) is 0 Å². The highest BCUT2D eigenvalue weighted by molar-refractivity contribution is 9.11. The van der Waals surface area contributed by atoms with Crippen LogP contribution in [-0.4, -0.2) is 0 Å². The van der Waals surface area contributed by atoms with Gasteiger partial charge in [0.15, 0.2) is 0 Å². The van der Waals surface area contributed by atoms with E-state index in [0.717, 1.165) is 19.1 Å². The van der Waals surface area contributed by atoms with Crippen molar-refractivity contribution in [2.75, 3.05) is 5.32 Å². The average molecular weight is 448 g/mol. The number of aryl methyl sites for hydroxylation is 1. The minimum atomic E-state index is 0.229. The summed E-state index contributed by atoms with van der Waals surface area (Å²) in [4.78, 5) is 0. The first-order chi connectivity index (χ1) is 8.97. The van der Waals surface area contributed by atoms with Crippen molar-refractivity contribution in [3.8, 4) is 0 Å². The number of halogens is 3. The molecule has 100 valence electrons. The number of hydrogen-bond donors (Lipinski definition) is 1. The Morgan fingerprint density at radius 3 is 2.21 bits per heavy atom. The lowest BCUT2D eigenvalue weighted by atomic mass is 10.1. The van der Waals surface area contributed by atoms with Crippen LogP contribution in [0.2, 0.25) is 0 Å². The Morgan fingerprint density at radius 2 is 1.63 bits per heavy atom. The number of benzene rings is 2. The Balaban J connectivity index is 2.26. The highest BCUT2D eigenvalue weighted by atomic mass is 79.9. The summed E-state index contributed by atoms with van der Waals surface area (Å²) < 4.78 is 3.24. The Labute approximate surface area is 139 Å². The van der Waals surface area contributed by atoms with E-state index in [4.69, 9.17) is 0 Å². The Kier molecular flexibility index (Phi) is 5.09. The first kappa shape index (κ1) is 15.1. The van der Waals surface area contributed by atoms with Crippen molar-refractivity contribution < 1.29 is 0 Å². The van der Waals surface area contributed by atoms with Crippen LogP contribution in [0.5, 0.6) is 0 Å². The van der Waals surface area contributed by atoms with Gasteiger partial charge >= 0.3 is 0 Å². The molecule has 1 atom stereocenters. The highest BCUT2D eigenvalue weighted by Crippen LogP contribution is 2.35. The molecule has 1 unspecified atom stereocenters. The second-order valence-corrected chi connectivity index (χ2v) is 7.15. The summed E-state index contributed by atoms with van der Waals surface area (Å²) in [6, 6.07) is 12.8. The molecule has 0 amide bonds. The standard InChI is InChI=1S/C15H14Br3N/c1-9-6-13(17)15(14(18)7-9)19-10(2)11-4-3-5-12(16)8-11/h3-8,10,19H,1-2H3. The molecule has 0 fully saturated rings. The first-order valence-electron chi connectivity index (χ1n) is 5.95. The molecule has 0 saturated heterocycles. The monoisotopic (exact) mass is 445 g/mol. The van der Waals surface area contributed by atoms with Crippen LogP contribution in [-0.2, 0) is 0 Å². The summed E-state index contributed by atoms with van der Waals surface area (Å²) in [5, 5.41) is 3.53. The zero-order chi connectivity index (χ0) is 14.0. The van der Waals surface area contributed by atoms with Crippen molar-refractivity contribution in [3.63, 3.8) is 0 Å². The van der Waals surface area contributed by atoms with Crippen LogP contribution in [0.4, 0.5) is 5.69 Å². The van der Waals surface area contributed by atoms with Crippen molar-refractivity contribution in [1.82, 2.24) is 0 Å². The van der Waals surface area contributed by atoms with Crippen LogP contribution in [0.15, 0.2) is 49.8 Å². The third kappa shape index (κ3) is 3.83. The van der Waals surface area contributed by atoms with E-state index >= 15 is 0 Å². The van der Waals surface area contributed by atoms with Crippen molar-refractivity contribution in [3.05, 3.63) is 60.9 Å². The zero-order valence-corrected chi connectivity index (χ0v) is 15.4. The molecule has 0 aliphatic carbocycles. The first-order valence-corrected chi connectivity index (χ1v) is 8.33. The predicted octanol–water partition coefficient (Wildman–Crippen LogP) is 6.46. The molecule has 0 heterocycles. The van der Waals surface area contributed by atoms with E-state index < -0.39 is 0 Å². The van der Waals surface area contributed by atoms with E-state index in [1.807, 2.05) is 6.07 Å². The maximum absolute atomic E-state index is 3.61. The van der Waals surface area contributed by atoms with Gasteiger partial charge in [-0.05, 0) is 81.1 Å². The maximum Gasteiger partial charge on any atom is 0.0633 e. The molecule has 1 nitrogen and oxygen atoms in total. The van der Waals surface area contributed by atoms with Crippen LogP contribution in [0.1, 0.15) is 24.1 Å². The van der Waals surface area contributed by atoms with Crippen LogP contribution >= 0.6 is 47.8 Å². The van der Waals surface area contributed by atoms with Crippen LogP contribution in [0.25, 0.3) is 0 Å². The molecule has 0 bridgehead atoms. The van der Waals surface area contributed by atoms with Crippen LogP contribution in [0.3, 0.4) is 0 Å². The summed E-state index contributed by atoms with van der Waals surface area (Å²) in [7, 11) is 0. The summed E-state index contributed by atoms with van der Waals surface area (Å²) >= 11 is 10.7. The normalized spacial score (nSPS) is 12.3. The van der Waals surface area contributed by atoms with Crippen molar-refractivity contribution in [2.45, 2.75) is 19.9 Å². The van der Waals surface area contributed by atoms with Gasteiger partial charge in [-0.25, -0.2) is 0 Å². The fourth-order valence-corrected chi connectivity index (χ4v) is 3.97. The Bertz CT molecular complexity index is 573. The minimum Gasteiger partial charge on any atom is -0.377 e. The molecule has 2 aromatic rings. The van der Waals surface area contributed by atoms with E-state index in [1.54, 1.807) is 0 Å². The zero-order valence-electron chi connectivity index (χ0n) is 10.7. The fraction of sp³-hybridized carbons (Fsp3) is 0.200. The van der Waals surface area contributed by atoms with Crippen molar-refractivity contribution >= 4 is 53.5 Å². The predicted molar refractivity (Wildman–Crippen MR) is 92.8 cm³/mol. The summed E-state index contributed by atoms with van der Waals surface area (Å²) in [6.07, 6.45) is 0. The highest BCUT2D eigenvalue weighted by Gasteiger charge is 2.11. The third-order valence-corrected chi connectivity index (χ3v) is 4.64. The Morgan fingerprint density at radius 1 is 1.00 bits per heavy atom. The summed E-state index contributed by atoms with van der Waals surface area (Å²) in [5.74, 6) is 0. The Hall–Kier alpha value is -0.320. The molecule has 2 aromatic carbocycles. The number of anilines is 1. The second-order valence-electron chi connectivity index (χ2n) is 4.52. The van der Waals surface area contributed by atoms with E-state index in [2.05, 4.69) is 97.3 Å². The van der Waals surface area contributed by atoms with Gasteiger partial charge in [0, 0.05) is 19.5 Å². The van der Waals surface area contributed by atoms with Gasteiger partial charge in [0.25, 0.3) is 0 Å². The molecule has 0 aliphatic heterocycles. The number of hydrogen-bond acceptors (Lipinski definition) is 1. The molecule has 0 radical (unpaired) electrons. The molecular weight excluding hydrogens is 434 g/mol. The van der Waals surface area contributed by atoms with Crippen LogP contribution < -0.4 is 5.32 Å². The number of nitrogens with one attached hydrogen (secondary N) is 1. The average Bonchev–Trinajstić information content (AvgIpc) is 2.33. The molecule has 0 saturated carbocycles. The number of rotatable bonds is 3. The minimum absolute atomic E-state index is 0.229. The SMILES string of the molecule is Cc1cc(Br)c(NC(C)c2cccc(Br)c2)c(Br)c1. The molecular formula is C15H14Br3N. The molecule has 0 spiro atoms. The van der Waals surface area contributed by atoms with Gasteiger partial charge in [-0.3, -0.25) is 0 Å². The molecule has 2 rings (SSSR count). The largest absolute Gasteiger partial charge is 0.377 e. The summed E-state index contributed by atoms with van der Waals surface area (Å²) in [5.41, 5.74) is 3.55. The van der Waals surface area contributed by atoms with Gasteiger partial charge in [-0.15, -0.1) is 0 Å². The van der Waals surface area contributed by atoms with Crippen molar-refractivity contribution in [2.24, 2.45) is 0 Å². The van der Waals surface area contributed by atoms with Gasteiger partial charge in [-0.2, -0.15) is 0 Å². The molecule has 4 heteroatoms. The van der Waals surface area contributed by atoms with Gasteiger partial charge < -0.3 is 5.32 Å². The van der Waals surface area contributed by atoms with Gasteiger partial charge in [0.05, 0.1) is 5.69 Å². The summed E-state index contributed by atoms with van der Waals surface area (Å²) in [6.45, 7) is 4.23. The molecule has 1 N–H and O–H groups in total. The van der Waals surface area contributed by atoms with Gasteiger partial charge in [0.1, 0.15) is 0 Å². The van der Waals surface area contributed by atoms with Gasteiger partial charge in [0.2, 0.25) is 0 Å². The molecule has 0 aromatic heterocycles. The smallest absolute Gasteiger partial charge is 0.0633 e. The quantitative estimate of drug-likeness (QED) is 0.569. The fourth-order valence-electron chi connectivity index (χ4n) is 1.91.